The number of esters is 1. The maximum Gasteiger partial charge on any atom is 0.375 e. The van der Waals surface area contributed by atoms with Crippen LogP contribution in [0.3, 0.4) is 0 Å². The summed E-state index contributed by atoms with van der Waals surface area (Å²) in [6, 6.07) is 7.34. The number of para-hydroxylation sites is 1. The molecule has 1 heterocycles. The van der Waals surface area contributed by atoms with Crippen molar-refractivity contribution in [3.8, 4) is 0 Å². The summed E-state index contributed by atoms with van der Waals surface area (Å²) in [5, 5.41) is 3.54. The summed E-state index contributed by atoms with van der Waals surface area (Å²) in [5.74, 6) is -0.880. The second-order valence-electron chi connectivity index (χ2n) is 5.68. The third-order valence-electron chi connectivity index (χ3n) is 3.77. The van der Waals surface area contributed by atoms with Crippen molar-refractivity contribution in [3.05, 3.63) is 35.6 Å². The monoisotopic (exact) mass is 347 g/mol. The zero-order chi connectivity index (χ0) is 18.1. The van der Waals surface area contributed by atoms with E-state index in [9.17, 15) is 9.59 Å². The van der Waals surface area contributed by atoms with Crippen molar-refractivity contribution < 1.29 is 23.5 Å². The van der Waals surface area contributed by atoms with Crippen LogP contribution in [-0.2, 0) is 20.9 Å². The van der Waals surface area contributed by atoms with E-state index in [4.69, 9.17) is 13.9 Å². The maximum atomic E-state index is 12.3. The molecule has 0 fully saturated rings. The van der Waals surface area contributed by atoms with Gasteiger partial charge in [-0.05, 0) is 19.4 Å². The quantitative estimate of drug-likeness (QED) is 0.526. The fourth-order valence-corrected chi connectivity index (χ4v) is 2.46. The largest absolute Gasteiger partial charge is 0.450 e. The number of hydrogen-bond acceptors (Lipinski definition) is 5. The average Bonchev–Trinajstić information content (AvgIpc) is 3.00. The number of unbranched alkanes of at least 4 members (excludes halogenated alkanes) is 2. The Morgan fingerprint density at radius 1 is 1.16 bits per heavy atom. The van der Waals surface area contributed by atoms with Crippen LogP contribution in [-0.4, -0.2) is 31.6 Å². The SMILES string of the molecule is CCCCCNC(=O)COC(=O)c1oc2ccccc2c1COCC. The highest BCUT2D eigenvalue weighted by Crippen LogP contribution is 2.27. The molecule has 0 aliphatic heterocycles. The van der Waals surface area contributed by atoms with Gasteiger partial charge in [-0.3, -0.25) is 4.79 Å². The minimum absolute atomic E-state index is 0.0911. The van der Waals surface area contributed by atoms with Crippen LogP contribution < -0.4 is 5.32 Å². The van der Waals surface area contributed by atoms with Gasteiger partial charge in [0.25, 0.3) is 5.91 Å². The molecule has 1 aromatic carbocycles. The summed E-state index contributed by atoms with van der Waals surface area (Å²) < 4.78 is 16.1. The number of carbonyl (C=O) groups is 2. The molecule has 0 saturated heterocycles. The van der Waals surface area contributed by atoms with Crippen LogP contribution in [0.1, 0.15) is 49.2 Å². The van der Waals surface area contributed by atoms with E-state index in [2.05, 4.69) is 12.2 Å². The van der Waals surface area contributed by atoms with Gasteiger partial charge in [-0.25, -0.2) is 4.79 Å². The molecule has 6 nitrogen and oxygen atoms in total. The molecule has 0 bridgehead atoms. The second kappa shape index (κ2) is 9.84. The van der Waals surface area contributed by atoms with Gasteiger partial charge in [-0.1, -0.05) is 38.0 Å². The van der Waals surface area contributed by atoms with E-state index in [-0.39, 0.29) is 24.9 Å². The highest BCUT2D eigenvalue weighted by atomic mass is 16.5. The van der Waals surface area contributed by atoms with Gasteiger partial charge in [0.15, 0.2) is 6.61 Å². The first-order valence-electron chi connectivity index (χ1n) is 8.69. The summed E-state index contributed by atoms with van der Waals surface area (Å²) >= 11 is 0. The van der Waals surface area contributed by atoms with Crippen LogP contribution in [0.5, 0.6) is 0 Å². The minimum Gasteiger partial charge on any atom is -0.450 e. The summed E-state index contributed by atoms with van der Waals surface area (Å²) in [7, 11) is 0. The van der Waals surface area contributed by atoms with Gasteiger partial charge in [0.1, 0.15) is 5.58 Å². The van der Waals surface area contributed by atoms with Gasteiger partial charge in [-0.15, -0.1) is 0 Å². The molecule has 2 rings (SSSR count). The molecule has 0 spiro atoms. The molecule has 1 amide bonds. The number of nitrogens with one attached hydrogen (secondary N) is 1. The Morgan fingerprint density at radius 3 is 2.72 bits per heavy atom. The van der Waals surface area contributed by atoms with Crippen LogP contribution in [0.15, 0.2) is 28.7 Å². The summed E-state index contributed by atoms with van der Waals surface area (Å²) in [6.07, 6.45) is 3.05. The Hall–Kier alpha value is -2.34. The number of carbonyl (C=O) groups excluding carboxylic acids is 2. The maximum absolute atomic E-state index is 12.3. The molecular formula is C19H25NO5. The summed E-state index contributed by atoms with van der Waals surface area (Å²) in [5.41, 5.74) is 1.24. The third-order valence-corrected chi connectivity index (χ3v) is 3.77. The van der Waals surface area contributed by atoms with Crippen molar-refractivity contribution in [1.82, 2.24) is 5.32 Å². The topological polar surface area (TPSA) is 77.8 Å². The first-order chi connectivity index (χ1) is 12.2. The molecule has 6 heteroatoms. The van der Waals surface area contributed by atoms with Gasteiger partial charge >= 0.3 is 5.97 Å². The Labute approximate surface area is 147 Å². The number of fused-ring (bicyclic) bond motifs is 1. The van der Waals surface area contributed by atoms with E-state index in [0.29, 0.717) is 24.3 Å². The van der Waals surface area contributed by atoms with Crippen molar-refractivity contribution >= 4 is 22.8 Å². The van der Waals surface area contributed by atoms with Crippen LogP contribution in [0.25, 0.3) is 11.0 Å². The van der Waals surface area contributed by atoms with E-state index >= 15 is 0 Å². The van der Waals surface area contributed by atoms with Crippen molar-refractivity contribution in [3.63, 3.8) is 0 Å². The molecule has 0 saturated carbocycles. The van der Waals surface area contributed by atoms with Gasteiger partial charge < -0.3 is 19.2 Å². The normalized spacial score (nSPS) is 10.8. The smallest absolute Gasteiger partial charge is 0.375 e. The predicted octanol–water partition coefficient (Wildman–Crippen LogP) is 3.43. The standard InChI is InChI=1S/C19H25NO5/c1-3-5-8-11-20-17(21)13-24-19(22)18-15(12-23-4-2)14-9-6-7-10-16(14)25-18/h6-7,9-10H,3-5,8,11-13H2,1-2H3,(H,20,21). The molecule has 0 radical (unpaired) electrons. The molecule has 25 heavy (non-hydrogen) atoms. The van der Waals surface area contributed by atoms with E-state index in [0.717, 1.165) is 24.6 Å². The van der Waals surface area contributed by atoms with E-state index in [1.807, 2.05) is 25.1 Å². The van der Waals surface area contributed by atoms with Crippen LogP contribution >= 0.6 is 0 Å². The van der Waals surface area contributed by atoms with Crippen LogP contribution in [0.4, 0.5) is 0 Å². The lowest BCUT2D eigenvalue weighted by Crippen LogP contribution is -2.29. The van der Waals surface area contributed by atoms with Crippen LogP contribution in [0.2, 0.25) is 0 Å². The minimum atomic E-state index is -0.658. The van der Waals surface area contributed by atoms with Gasteiger partial charge in [-0.2, -0.15) is 0 Å². The highest BCUT2D eigenvalue weighted by Gasteiger charge is 2.22. The highest BCUT2D eigenvalue weighted by molar-refractivity contribution is 5.96. The Morgan fingerprint density at radius 2 is 1.96 bits per heavy atom. The zero-order valence-corrected chi connectivity index (χ0v) is 14.8. The number of amides is 1. The molecule has 1 N–H and O–H groups in total. The molecule has 1 aromatic heterocycles. The van der Waals surface area contributed by atoms with E-state index in [1.54, 1.807) is 6.07 Å². The molecule has 0 aliphatic rings. The average molecular weight is 347 g/mol. The number of rotatable bonds is 10. The predicted molar refractivity (Wildman–Crippen MR) is 94.4 cm³/mol. The van der Waals surface area contributed by atoms with E-state index in [1.165, 1.54) is 0 Å². The Balaban J connectivity index is 1.99. The lowest BCUT2D eigenvalue weighted by atomic mass is 10.1. The Bertz CT molecular complexity index is 707. The zero-order valence-electron chi connectivity index (χ0n) is 14.8. The molecule has 0 atom stereocenters. The van der Waals surface area contributed by atoms with Gasteiger partial charge in [0, 0.05) is 24.1 Å². The molecular weight excluding hydrogens is 322 g/mol. The van der Waals surface area contributed by atoms with Gasteiger partial charge in [0.2, 0.25) is 5.76 Å². The number of ether oxygens (including phenoxy) is 2. The van der Waals surface area contributed by atoms with Crippen molar-refractivity contribution in [2.45, 2.75) is 39.7 Å². The fourth-order valence-electron chi connectivity index (χ4n) is 2.46. The second-order valence-corrected chi connectivity index (χ2v) is 5.68. The lowest BCUT2D eigenvalue weighted by molar-refractivity contribution is -0.124. The first kappa shape index (κ1) is 19.0. The van der Waals surface area contributed by atoms with Crippen molar-refractivity contribution in [2.75, 3.05) is 19.8 Å². The molecule has 0 unspecified atom stereocenters. The Kier molecular flexibility index (Phi) is 7.47. The number of hydrogen-bond donors (Lipinski definition) is 1. The number of benzene rings is 1. The first-order valence-corrected chi connectivity index (χ1v) is 8.69. The third kappa shape index (κ3) is 5.32. The van der Waals surface area contributed by atoms with Crippen molar-refractivity contribution in [1.29, 1.82) is 0 Å². The molecule has 2 aromatic rings. The molecule has 0 aliphatic carbocycles. The van der Waals surface area contributed by atoms with Crippen molar-refractivity contribution in [2.24, 2.45) is 0 Å². The van der Waals surface area contributed by atoms with E-state index < -0.39 is 5.97 Å². The van der Waals surface area contributed by atoms with Crippen LogP contribution in [0, 0.1) is 0 Å². The van der Waals surface area contributed by atoms with Gasteiger partial charge in [0.05, 0.1) is 6.61 Å². The summed E-state index contributed by atoms with van der Waals surface area (Å²) in [4.78, 5) is 24.1. The molecule has 136 valence electrons. The lowest BCUT2D eigenvalue weighted by Gasteiger charge is -2.06. The summed E-state index contributed by atoms with van der Waals surface area (Å²) in [6.45, 7) is 5.01. The fraction of sp³-hybridized carbons (Fsp3) is 0.474. The number of furan rings is 1.